The minimum absolute atomic E-state index is 0.00369. The molecule has 2 aromatic rings. The highest BCUT2D eigenvalue weighted by Crippen LogP contribution is 2.30. The van der Waals surface area contributed by atoms with Crippen molar-refractivity contribution >= 4 is 17.5 Å². The highest BCUT2D eigenvalue weighted by Gasteiger charge is 2.28. The second-order valence-corrected chi connectivity index (χ2v) is 6.58. The Balaban J connectivity index is 1.72. The summed E-state index contributed by atoms with van der Waals surface area (Å²) < 4.78 is 5.32. The Kier molecular flexibility index (Phi) is 4.90. The number of anilines is 1. The van der Waals surface area contributed by atoms with Crippen LogP contribution in [0.4, 0.5) is 5.69 Å². The van der Waals surface area contributed by atoms with E-state index in [0.29, 0.717) is 12.0 Å². The van der Waals surface area contributed by atoms with E-state index in [1.807, 2.05) is 38.1 Å². The van der Waals surface area contributed by atoms with Crippen LogP contribution in [0.1, 0.15) is 35.5 Å². The van der Waals surface area contributed by atoms with Gasteiger partial charge in [0.05, 0.1) is 25.3 Å². The average Bonchev–Trinajstić information content (AvgIpc) is 3.17. The van der Waals surface area contributed by atoms with E-state index in [-0.39, 0.29) is 36.6 Å². The van der Waals surface area contributed by atoms with E-state index >= 15 is 0 Å². The Morgan fingerprint density at radius 3 is 2.84 bits per heavy atom. The fourth-order valence-electron chi connectivity index (χ4n) is 2.83. The summed E-state index contributed by atoms with van der Waals surface area (Å²) in [5.41, 5.74) is 2.50. The molecule has 1 aliphatic heterocycles. The Hall–Kier alpha value is -2.60. The Morgan fingerprint density at radius 1 is 1.32 bits per heavy atom. The third kappa shape index (κ3) is 3.58. The van der Waals surface area contributed by atoms with Gasteiger partial charge in [0.2, 0.25) is 5.91 Å². The predicted octanol–water partition coefficient (Wildman–Crippen LogP) is 2.12. The molecule has 1 aromatic carbocycles. The van der Waals surface area contributed by atoms with Crippen LogP contribution in [0, 0.1) is 5.92 Å². The fraction of sp³-hybridized carbons (Fsp3) is 0.368. The molecular weight excluding hydrogens is 320 g/mol. The molecule has 1 atom stereocenters. The third-order valence-corrected chi connectivity index (χ3v) is 4.45. The summed E-state index contributed by atoms with van der Waals surface area (Å²) in [5, 5.41) is 12.5. The van der Waals surface area contributed by atoms with E-state index in [2.05, 4.69) is 5.32 Å². The van der Waals surface area contributed by atoms with E-state index in [9.17, 15) is 14.7 Å². The van der Waals surface area contributed by atoms with Crippen molar-refractivity contribution in [3.63, 3.8) is 0 Å². The van der Waals surface area contributed by atoms with Crippen LogP contribution in [-0.2, 0) is 17.8 Å². The summed E-state index contributed by atoms with van der Waals surface area (Å²) in [6.45, 7) is 4.20. The standard InChI is InChI=1S/C19H22N2O4/c1-12(2)16(22)10-20-19(24)18-14(7-8-25-18)11-21-15-6-4-3-5-13(15)9-17(21)23/h3-8,12,16,22H,9-11H2,1-2H3,(H,20,24). The summed E-state index contributed by atoms with van der Waals surface area (Å²) in [6.07, 6.45) is 1.19. The minimum atomic E-state index is -0.616. The lowest BCUT2D eigenvalue weighted by Crippen LogP contribution is -2.35. The number of para-hydroxylation sites is 1. The number of benzene rings is 1. The summed E-state index contributed by atoms with van der Waals surface area (Å²) in [5.74, 6) is -0.160. The number of hydrogen-bond donors (Lipinski definition) is 2. The molecule has 3 rings (SSSR count). The Labute approximate surface area is 146 Å². The quantitative estimate of drug-likeness (QED) is 0.842. The van der Waals surface area contributed by atoms with E-state index in [1.165, 1.54) is 6.26 Å². The highest BCUT2D eigenvalue weighted by molar-refractivity contribution is 6.01. The monoisotopic (exact) mass is 342 g/mol. The molecule has 25 heavy (non-hydrogen) atoms. The second kappa shape index (κ2) is 7.11. The number of amides is 2. The van der Waals surface area contributed by atoms with Crippen LogP contribution in [-0.4, -0.2) is 29.6 Å². The molecule has 0 radical (unpaired) electrons. The van der Waals surface area contributed by atoms with Gasteiger partial charge in [-0.25, -0.2) is 0 Å². The molecule has 0 saturated heterocycles. The van der Waals surface area contributed by atoms with Crippen molar-refractivity contribution in [2.24, 2.45) is 5.92 Å². The lowest BCUT2D eigenvalue weighted by molar-refractivity contribution is -0.117. The molecule has 2 amide bonds. The van der Waals surface area contributed by atoms with Crippen LogP contribution < -0.4 is 10.2 Å². The van der Waals surface area contributed by atoms with Crippen LogP contribution in [0.5, 0.6) is 0 Å². The van der Waals surface area contributed by atoms with Crippen LogP contribution in [0.15, 0.2) is 41.0 Å². The molecule has 0 saturated carbocycles. The summed E-state index contributed by atoms with van der Waals surface area (Å²) in [4.78, 5) is 26.3. The zero-order valence-corrected chi connectivity index (χ0v) is 14.4. The van der Waals surface area contributed by atoms with Crippen LogP contribution in [0.3, 0.4) is 0 Å². The molecule has 6 nitrogen and oxygen atoms in total. The van der Waals surface area contributed by atoms with Crippen molar-refractivity contribution in [2.75, 3.05) is 11.4 Å². The first-order valence-corrected chi connectivity index (χ1v) is 8.38. The van der Waals surface area contributed by atoms with Gasteiger partial charge in [-0.1, -0.05) is 32.0 Å². The second-order valence-electron chi connectivity index (χ2n) is 6.58. The van der Waals surface area contributed by atoms with Gasteiger partial charge in [-0.2, -0.15) is 0 Å². The number of nitrogens with zero attached hydrogens (tertiary/aromatic N) is 1. The number of furan rings is 1. The van der Waals surface area contributed by atoms with Crippen LogP contribution in [0.2, 0.25) is 0 Å². The fourth-order valence-corrected chi connectivity index (χ4v) is 2.83. The SMILES string of the molecule is CC(C)C(O)CNC(=O)c1occc1CN1C(=O)Cc2ccccc21. The first kappa shape index (κ1) is 17.2. The number of aliphatic hydroxyl groups excluding tert-OH is 1. The molecule has 1 aliphatic rings. The minimum Gasteiger partial charge on any atom is -0.459 e. The number of carbonyl (C=O) groups excluding carboxylic acids is 2. The predicted molar refractivity (Wildman–Crippen MR) is 93.2 cm³/mol. The summed E-state index contributed by atoms with van der Waals surface area (Å²) in [6, 6.07) is 9.33. The third-order valence-electron chi connectivity index (χ3n) is 4.45. The first-order chi connectivity index (χ1) is 12.0. The molecule has 132 valence electrons. The number of aliphatic hydroxyl groups is 1. The maximum Gasteiger partial charge on any atom is 0.287 e. The van der Waals surface area contributed by atoms with Crippen molar-refractivity contribution < 1.29 is 19.1 Å². The van der Waals surface area contributed by atoms with Crippen LogP contribution >= 0.6 is 0 Å². The molecule has 0 aliphatic carbocycles. The van der Waals surface area contributed by atoms with E-state index < -0.39 is 6.10 Å². The molecule has 2 heterocycles. The number of nitrogens with one attached hydrogen (secondary N) is 1. The smallest absolute Gasteiger partial charge is 0.287 e. The molecule has 6 heteroatoms. The maximum absolute atomic E-state index is 12.3. The van der Waals surface area contributed by atoms with Gasteiger partial charge in [-0.05, 0) is 23.6 Å². The van der Waals surface area contributed by atoms with Gasteiger partial charge in [0.15, 0.2) is 5.76 Å². The normalized spacial score (nSPS) is 14.7. The van der Waals surface area contributed by atoms with E-state index in [4.69, 9.17) is 4.42 Å². The topological polar surface area (TPSA) is 82.8 Å². The van der Waals surface area contributed by atoms with Crippen molar-refractivity contribution in [3.05, 3.63) is 53.5 Å². The van der Waals surface area contributed by atoms with Crippen molar-refractivity contribution in [1.82, 2.24) is 5.32 Å². The van der Waals surface area contributed by atoms with Crippen molar-refractivity contribution in [2.45, 2.75) is 32.9 Å². The molecule has 1 aromatic heterocycles. The zero-order valence-electron chi connectivity index (χ0n) is 14.4. The van der Waals surface area contributed by atoms with Gasteiger partial charge in [-0.15, -0.1) is 0 Å². The zero-order chi connectivity index (χ0) is 18.0. The van der Waals surface area contributed by atoms with Crippen molar-refractivity contribution in [1.29, 1.82) is 0 Å². The molecule has 0 fully saturated rings. The molecule has 1 unspecified atom stereocenters. The number of fused-ring (bicyclic) bond motifs is 1. The van der Waals surface area contributed by atoms with Gasteiger partial charge in [0.1, 0.15) is 0 Å². The maximum atomic E-state index is 12.3. The lowest BCUT2D eigenvalue weighted by atomic mass is 10.1. The Bertz CT molecular complexity index is 781. The molecule has 0 bridgehead atoms. The molecular formula is C19H22N2O4. The van der Waals surface area contributed by atoms with E-state index in [1.54, 1.807) is 11.0 Å². The van der Waals surface area contributed by atoms with Crippen LogP contribution in [0.25, 0.3) is 0 Å². The largest absolute Gasteiger partial charge is 0.459 e. The summed E-state index contributed by atoms with van der Waals surface area (Å²) in [7, 11) is 0. The molecule has 2 N–H and O–H groups in total. The number of hydrogen-bond acceptors (Lipinski definition) is 4. The number of carbonyl (C=O) groups is 2. The van der Waals surface area contributed by atoms with Gasteiger partial charge >= 0.3 is 0 Å². The summed E-state index contributed by atoms with van der Waals surface area (Å²) >= 11 is 0. The van der Waals surface area contributed by atoms with E-state index in [0.717, 1.165) is 11.3 Å². The number of rotatable bonds is 6. The van der Waals surface area contributed by atoms with Gasteiger partial charge in [0.25, 0.3) is 5.91 Å². The van der Waals surface area contributed by atoms with Gasteiger partial charge in [0, 0.05) is 17.8 Å². The highest BCUT2D eigenvalue weighted by atomic mass is 16.3. The van der Waals surface area contributed by atoms with Gasteiger partial charge < -0.3 is 19.7 Å². The Morgan fingerprint density at radius 2 is 2.08 bits per heavy atom. The van der Waals surface area contributed by atoms with Crippen molar-refractivity contribution in [3.8, 4) is 0 Å². The van der Waals surface area contributed by atoms with Gasteiger partial charge in [-0.3, -0.25) is 9.59 Å². The first-order valence-electron chi connectivity index (χ1n) is 8.38. The lowest BCUT2D eigenvalue weighted by Gasteiger charge is -2.18. The average molecular weight is 342 g/mol. The molecule has 0 spiro atoms.